The first-order chi connectivity index (χ1) is 8.74. The minimum atomic E-state index is -0.164. The molecule has 4 heteroatoms. The number of amides is 2. The highest BCUT2D eigenvalue weighted by Gasteiger charge is 2.50. The molecule has 2 atom stereocenters. The van der Waals surface area contributed by atoms with E-state index >= 15 is 0 Å². The molecule has 0 spiro atoms. The molecule has 4 nitrogen and oxygen atoms in total. The van der Waals surface area contributed by atoms with Crippen molar-refractivity contribution in [1.82, 2.24) is 0 Å². The fraction of sp³-hybridized carbons (Fsp3) is 0.429. The van der Waals surface area contributed by atoms with Gasteiger partial charge in [-0.15, -0.1) is 0 Å². The normalized spacial score (nSPS) is 26.8. The molecule has 2 amide bonds. The van der Waals surface area contributed by atoms with Gasteiger partial charge in [0, 0.05) is 5.56 Å². The van der Waals surface area contributed by atoms with Crippen LogP contribution < -0.4 is 4.90 Å². The molecule has 0 bridgehead atoms. The zero-order chi connectivity index (χ0) is 12.7. The van der Waals surface area contributed by atoms with Gasteiger partial charge in [-0.05, 0) is 18.9 Å². The Morgan fingerprint density at radius 2 is 1.72 bits per heavy atom. The van der Waals surface area contributed by atoms with Crippen molar-refractivity contribution in [2.75, 3.05) is 4.90 Å². The van der Waals surface area contributed by atoms with E-state index in [4.69, 9.17) is 0 Å². The van der Waals surface area contributed by atoms with Crippen LogP contribution in [0.3, 0.4) is 0 Å². The lowest BCUT2D eigenvalue weighted by Gasteiger charge is -2.18. The van der Waals surface area contributed by atoms with Crippen molar-refractivity contribution in [2.24, 2.45) is 11.8 Å². The van der Waals surface area contributed by atoms with Gasteiger partial charge in [-0.1, -0.05) is 24.6 Å². The quantitative estimate of drug-likeness (QED) is 0.803. The molecule has 1 saturated carbocycles. The first kappa shape index (κ1) is 11.4. The summed E-state index contributed by atoms with van der Waals surface area (Å²) in [7, 11) is 0. The maximum Gasteiger partial charge on any atom is 0.237 e. The molecule has 1 saturated heterocycles. The Bertz CT molecular complexity index is 490. The van der Waals surface area contributed by atoms with Crippen LogP contribution in [0, 0.1) is 11.8 Å². The summed E-state index contributed by atoms with van der Waals surface area (Å²) in [5.41, 5.74) is 1.17. The molecule has 1 aromatic rings. The van der Waals surface area contributed by atoms with Crippen LogP contribution in [-0.4, -0.2) is 16.9 Å². The summed E-state index contributed by atoms with van der Waals surface area (Å²) in [6.45, 7) is -0.164. The van der Waals surface area contributed by atoms with E-state index < -0.39 is 0 Å². The van der Waals surface area contributed by atoms with Crippen LogP contribution >= 0.6 is 0 Å². The van der Waals surface area contributed by atoms with Crippen LogP contribution in [0.4, 0.5) is 5.69 Å². The SMILES string of the molecule is O=C1C2CCCC2C(=O)N1c1ccccc1CO. The molecular formula is C14H15NO3. The minimum Gasteiger partial charge on any atom is -0.392 e. The number of aliphatic hydroxyl groups excluding tert-OH is 1. The lowest BCUT2D eigenvalue weighted by atomic mass is 10.00. The molecule has 18 heavy (non-hydrogen) atoms. The minimum absolute atomic E-state index is 0.0941. The summed E-state index contributed by atoms with van der Waals surface area (Å²) in [4.78, 5) is 25.9. The van der Waals surface area contributed by atoms with Crippen LogP contribution in [0.5, 0.6) is 0 Å². The van der Waals surface area contributed by atoms with Gasteiger partial charge in [0.2, 0.25) is 11.8 Å². The number of imide groups is 1. The van der Waals surface area contributed by atoms with E-state index in [9.17, 15) is 14.7 Å². The van der Waals surface area contributed by atoms with Gasteiger partial charge in [0.25, 0.3) is 0 Å². The van der Waals surface area contributed by atoms with Crippen LogP contribution in [0.1, 0.15) is 24.8 Å². The predicted octanol–water partition coefficient (Wildman–Crippen LogP) is 1.47. The lowest BCUT2D eigenvalue weighted by molar-refractivity contribution is -0.122. The van der Waals surface area contributed by atoms with Gasteiger partial charge in [0.05, 0.1) is 24.1 Å². The number of carbonyl (C=O) groups excluding carboxylic acids is 2. The summed E-state index contributed by atoms with van der Waals surface area (Å²) in [6, 6.07) is 7.04. The number of aliphatic hydroxyl groups is 1. The highest BCUT2D eigenvalue weighted by Crippen LogP contribution is 2.42. The summed E-state index contributed by atoms with van der Waals surface area (Å²) < 4.78 is 0. The Labute approximate surface area is 105 Å². The van der Waals surface area contributed by atoms with E-state index in [1.165, 1.54) is 4.90 Å². The summed E-state index contributed by atoms with van der Waals surface area (Å²) in [5, 5.41) is 9.31. The van der Waals surface area contributed by atoms with Crippen molar-refractivity contribution in [2.45, 2.75) is 25.9 Å². The lowest BCUT2D eigenvalue weighted by Crippen LogP contribution is -2.32. The average molecular weight is 245 g/mol. The fourth-order valence-corrected chi connectivity index (χ4v) is 3.09. The molecule has 3 rings (SSSR count). The van der Waals surface area contributed by atoms with Gasteiger partial charge in [0.15, 0.2) is 0 Å². The number of para-hydroxylation sites is 1. The van der Waals surface area contributed by atoms with Crippen molar-refractivity contribution in [3.8, 4) is 0 Å². The van der Waals surface area contributed by atoms with Gasteiger partial charge in [-0.3, -0.25) is 9.59 Å². The number of fused-ring (bicyclic) bond motifs is 1. The van der Waals surface area contributed by atoms with Crippen molar-refractivity contribution in [3.05, 3.63) is 29.8 Å². The molecule has 1 aliphatic carbocycles. The molecule has 2 fully saturated rings. The molecular weight excluding hydrogens is 230 g/mol. The first-order valence-corrected chi connectivity index (χ1v) is 6.30. The number of nitrogens with zero attached hydrogens (tertiary/aromatic N) is 1. The summed E-state index contributed by atoms with van der Waals surface area (Å²) in [6.07, 6.45) is 2.59. The zero-order valence-corrected chi connectivity index (χ0v) is 10.0. The first-order valence-electron chi connectivity index (χ1n) is 6.30. The van der Waals surface area contributed by atoms with E-state index in [0.717, 1.165) is 19.3 Å². The van der Waals surface area contributed by atoms with E-state index in [2.05, 4.69) is 0 Å². The molecule has 2 aliphatic rings. The average Bonchev–Trinajstić information content (AvgIpc) is 2.95. The van der Waals surface area contributed by atoms with Crippen LogP contribution in [0.25, 0.3) is 0 Å². The third-order valence-electron chi connectivity index (χ3n) is 3.99. The summed E-state index contributed by atoms with van der Waals surface area (Å²) in [5.74, 6) is -0.458. The van der Waals surface area contributed by atoms with Crippen LogP contribution in [-0.2, 0) is 16.2 Å². The van der Waals surface area contributed by atoms with Gasteiger partial charge in [-0.25, -0.2) is 4.90 Å². The summed E-state index contributed by atoms with van der Waals surface area (Å²) >= 11 is 0. The number of hydrogen-bond donors (Lipinski definition) is 1. The van der Waals surface area contributed by atoms with Gasteiger partial charge in [0.1, 0.15) is 0 Å². The smallest absolute Gasteiger partial charge is 0.237 e. The molecule has 94 valence electrons. The van der Waals surface area contributed by atoms with Crippen LogP contribution in [0.15, 0.2) is 24.3 Å². The second-order valence-electron chi connectivity index (χ2n) is 4.94. The Hall–Kier alpha value is -1.68. The van der Waals surface area contributed by atoms with Crippen molar-refractivity contribution in [3.63, 3.8) is 0 Å². The number of hydrogen-bond acceptors (Lipinski definition) is 3. The Balaban J connectivity index is 2.02. The second kappa shape index (κ2) is 4.21. The maximum atomic E-state index is 12.3. The van der Waals surface area contributed by atoms with E-state index in [1.807, 2.05) is 0 Å². The highest BCUT2D eigenvalue weighted by atomic mass is 16.3. The molecule has 2 unspecified atom stereocenters. The Kier molecular flexibility index (Phi) is 2.67. The standard InChI is InChI=1S/C14H15NO3/c16-8-9-4-1-2-7-12(9)15-13(17)10-5-3-6-11(10)14(15)18/h1-2,4,7,10-11,16H,3,5-6,8H2. The van der Waals surface area contributed by atoms with E-state index in [0.29, 0.717) is 11.3 Å². The molecule has 1 aromatic carbocycles. The van der Waals surface area contributed by atoms with Crippen LogP contribution in [0.2, 0.25) is 0 Å². The molecule has 0 aromatic heterocycles. The van der Waals surface area contributed by atoms with E-state index in [1.54, 1.807) is 24.3 Å². The molecule has 0 radical (unpaired) electrons. The third kappa shape index (κ3) is 1.49. The van der Waals surface area contributed by atoms with Gasteiger partial charge in [-0.2, -0.15) is 0 Å². The predicted molar refractivity (Wildman–Crippen MR) is 65.7 cm³/mol. The molecule has 1 heterocycles. The Morgan fingerprint density at radius 3 is 2.33 bits per heavy atom. The number of anilines is 1. The molecule has 1 aliphatic heterocycles. The number of carbonyl (C=O) groups is 2. The maximum absolute atomic E-state index is 12.3. The van der Waals surface area contributed by atoms with Gasteiger partial charge < -0.3 is 5.11 Å². The van der Waals surface area contributed by atoms with Gasteiger partial charge >= 0.3 is 0 Å². The Morgan fingerprint density at radius 1 is 1.11 bits per heavy atom. The highest BCUT2D eigenvalue weighted by molar-refractivity contribution is 6.22. The monoisotopic (exact) mass is 245 g/mol. The number of rotatable bonds is 2. The molecule has 1 N–H and O–H groups in total. The largest absolute Gasteiger partial charge is 0.392 e. The second-order valence-corrected chi connectivity index (χ2v) is 4.94. The van der Waals surface area contributed by atoms with Crippen molar-refractivity contribution < 1.29 is 14.7 Å². The number of benzene rings is 1. The zero-order valence-electron chi connectivity index (χ0n) is 10.0. The van der Waals surface area contributed by atoms with Crippen molar-refractivity contribution >= 4 is 17.5 Å². The van der Waals surface area contributed by atoms with Crippen molar-refractivity contribution in [1.29, 1.82) is 0 Å². The fourth-order valence-electron chi connectivity index (χ4n) is 3.09. The van der Waals surface area contributed by atoms with E-state index in [-0.39, 0.29) is 30.3 Å². The third-order valence-corrected chi connectivity index (χ3v) is 3.99. The topological polar surface area (TPSA) is 57.6 Å².